The van der Waals surface area contributed by atoms with E-state index >= 15 is 0 Å². The molecule has 22 heavy (non-hydrogen) atoms. The fourth-order valence-corrected chi connectivity index (χ4v) is 2.02. The normalized spacial score (nSPS) is 11.2. The standard InChI is InChI=1S/C14H19NO4.C2H6O/c1-9-6-5-7-10(2)13(9)15(11(3)14(17)18)12(16)8-19-4;1-3-2/h5-7,11H,8H2,1-4H3,(H,17,18);1-2H3/t11-;/m0./s1. The number of nitrogens with zero attached hydrogens (tertiary/aromatic N) is 1. The molecule has 124 valence electrons. The van der Waals surface area contributed by atoms with E-state index in [-0.39, 0.29) is 12.5 Å². The van der Waals surface area contributed by atoms with Crippen LogP contribution in [0.1, 0.15) is 18.1 Å². The molecule has 0 aliphatic carbocycles. The van der Waals surface area contributed by atoms with E-state index < -0.39 is 12.0 Å². The molecule has 0 aliphatic heterocycles. The van der Waals surface area contributed by atoms with Crippen molar-refractivity contribution in [3.05, 3.63) is 29.3 Å². The van der Waals surface area contributed by atoms with E-state index in [0.717, 1.165) is 11.1 Å². The van der Waals surface area contributed by atoms with Crippen LogP contribution in [0.2, 0.25) is 0 Å². The molecule has 0 aromatic heterocycles. The van der Waals surface area contributed by atoms with Crippen LogP contribution < -0.4 is 4.90 Å². The number of rotatable bonds is 5. The van der Waals surface area contributed by atoms with Gasteiger partial charge in [-0.25, -0.2) is 4.79 Å². The van der Waals surface area contributed by atoms with Gasteiger partial charge in [0.05, 0.1) is 5.69 Å². The van der Waals surface area contributed by atoms with E-state index in [2.05, 4.69) is 4.74 Å². The number of benzene rings is 1. The molecule has 0 radical (unpaired) electrons. The second kappa shape index (κ2) is 9.92. The molecule has 6 nitrogen and oxygen atoms in total. The molecule has 1 aromatic carbocycles. The van der Waals surface area contributed by atoms with Crippen molar-refractivity contribution in [2.45, 2.75) is 26.8 Å². The summed E-state index contributed by atoms with van der Waals surface area (Å²) >= 11 is 0. The number of methoxy groups -OCH3 is 2. The number of para-hydroxylation sites is 1. The third-order valence-electron chi connectivity index (χ3n) is 2.96. The summed E-state index contributed by atoms with van der Waals surface area (Å²) in [6.45, 7) is 5.04. The van der Waals surface area contributed by atoms with Crippen LogP contribution in [0.4, 0.5) is 5.69 Å². The fourth-order valence-electron chi connectivity index (χ4n) is 2.02. The lowest BCUT2D eigenvalue weighted by Crippen LogP contribution is -2.45. The van der Waals surface area contributed by atoms with Gasteiger partial charge in [0.25, 0.3) is 5.91 Å². The predicted octanol–water partition coefficient (Wildman–Crippen LogP) is 2.02. The SMILES string of the molecule is COC.COCC(=O)N(c1c(C)cccc1C)[C@@H](C)C(=O)O. The molecule has 0 unspecified atom stereocenters. The summed E-state index contributed by atoms with van der Waals surface area (Å²) in [5.74, 6) is -1.41. The zero-order chi connectivity index (χ0) is 17.3. The molecule has 6 heteroatoms. The van der Waals surface area contributed by atoms with Gasteiger partial charge in [-0.05, 0) is 31.9 Å². The average Bonchev–Trinajstić information content (AvgIpc) is 2.43. The van der Waals surface area contributed by atoms with Crippen LogP contribution in [0.15, 0.2) is 18.2 Å². The maximum Gasteiger partial charge on any atom is 0.326 e. The number of carbonyl (C=O) groups is 2. The van der Waals surface area contributed by atoms with E-state index in [9.17, 15) is 14.7 Å². The minimum absolute atomic E-state index is 0.147. The van der Waals surface area contributed by atoms with Crippen molar-refractivity contribution in [3.8, 4) is 0 Å². The van der Waals surface area contributed by atoms with E-state index in [1.54, 1.807) is 14.2 Å². The number of hydrogen-bond donors (Lipinski definition) is 1. The molecular formula is C16H25NO5. The topological polar surface area (TPSA) is 76.1 Å². The summed E-state index contributed by atoms with van der Waals surface area (Å²) in [4.78, 5) is 24.6. The van der Waals surface area contributed by atoms with Crippen molar-refractivity contribution in [2.24, 2.45) is 0 Å². The second-order valence-electron chi connectivity index (χ2n) is 4.86. The first-order valence-electron chi connectivity index (χ1n) is 6.81. The number of carbonyl (C=O) groups excluding carboxylic acids is 1. The summed E-state index contributed by atoms with van der Waals surface area (Å²) in [5.41, 5.74) is 2.36. The molecule has 0 aliphatic rings. The molecule has 0 saturated heterocycles. The Labute approximate surface area is 131 Å². The minimum Gasteiger partial charge on any atom is -0.480 e. The molecule has 1 amide bonds. The summed E-state index contributed by atoms with van der Waals surface area (Å²) in [6, 6.07) is 4.63. The molecule has 1 N–H and O–H groups in total. The Kier molecular flexibility index (Phi) is 9.05. The van der Waals surface area contributed by atoms with Gasteiger partial charge in [0, 0.05) is 21.3 Å². The van der Waals surface area contributed by atoms with Crippen molar-refractivity contribution in [2.75, 3.05) is 32.8 Å². The van der Waals surface area contributed by atoms with Crippen LogP contribution in [0.25, 0.3) is 0 Å². The van der Waals surface area contributed by atoms with Crippen molar-refractivity contribution in [1.82, 2.24) is 0 Å². The molecule has 0 heterocycles. The number of anilines is 1. The molecule has 0 spiro atoms. The zero-order valence-electron chi connectivity index (χ0n) is 14.0. The summed E-state index contributed by atoms with van der Waals surface area (Å²) < 4.78 is 9.08. The Morgan fingerprint density at radius 1 is 1.18 bits per heavy atom. The maximum absolute atomic E-state index is 12.1. The number of aliphatic carboxylic acids is 1. The Bertz CT molecular complexity index is 481. The smallest absolute Gasteiger partial charge is 0.326 e. The number of ether oxygens (including phenoxy) is 2. The van der Waals surface area contributed by atoms with Crippen LogP contribution in [-0.2, 0) is 19.1 Å². The Morgan fingerprint density at radius 2 is 1.64 bits per heavy atom. The van der Waals surface area contributed by atoms with Gasteiger partial charge in [-0.15, -0.1) is 0 Å². The van der Waals surface area contributed by atoms with Gasteiger partial charge in [0.15, 0.2) is 0 Å². The zero-order valence-corrected chi connectivity index (χ0v) is 14.0. The first-order valence-corrected chi connectivity index (χ1v) is 6.81. The molecule has 0 fully saturated rings. The summed E-state index contributed by atoms with van der Waals surface area (Å²) in [7, 11) is 4.66. The van der Waals surface area contributed by atoms with Crippen molar-refractivity contribution in [1.29, 1.82) is 0 Å². The van der Waals surface area contributed by atoms with Crippen LogP contribution in [-0.4, -0.2) is 51.0 Å². The Morgan fingerprint density at radius 3 is 2.00 bits per heavy atom. The number of aryl methyl sites for hydroxylation is 2. The highest BCUT2D eigenvalue weighted by molar-refractivity contribution is 6.00. The van der Waals surface area contributed by atoms with E-state index in [1.807, 2.05) is 32.0 Å². The second-order valence-corrected chi connectivity index (χ2v) is 4.86. The predicted molar refractivity (Wildman–Crippen MR) is 85.3 cm³/mol. The van der Waals surface area contributed by atoms with Gasteiger partial charge >= 0.3 is 5.97 Å². The van der Waals surface area contributed by atoms with Gasteiger partial charge in [0.1, 0.15) is 12.6 Å². The van der Waals surface area contributed by atoms with Crippen molar-refractivity contribution < 1.29 is 24.2 Å². The van der Waals surface area contributed by atoms with Crippen LogP contribution in [0, 0.1) is 13.8 Å². The third kappa shape index (κ3) is 5.46. The van der Waals surface area contributed by atoms with Crippen molar-refractivity contribution in [3.63, 3.8) is 0 Å². The molecule has 1 aromatic rings. The quantitative estimate of drug-likeness (QED) is 0.900. The van der Waals surface area contributed by atoms with Crippen LogP contribution in [0.5, 0.6) is 0 Å². The summed E-state index contributed by atoms with van der Waals surface area (Å²) in [5, 5.41) is 9.18. The van der Waals surface area contributed by atoms with Crippen LogP contribution >= 0.6 is 0 Å². The van der Waals surface area contributed by atoms with Gasteiger partial charge in [-0.2, -0.15) is 0 Å². The lowest BCUT2D eigenvalue weighted by atomic mass is 10.1. The highest BCUT2D eigenvalue weighted by Crippen LogP contribution is 2.26. The number of carboxylic acid groups (broad SMARTS) is 1. The molecule has 0 saturated carbocycles. The number of hydrogen-bond acceptors (Lipinski definition) is 4. The maximum atomic E-state index is 12.1. The number of carboxylic acids is 1. The van der Waals surface area contributed by atoms with E-state index in [0.29, 0.717) is 5.69 Å². The molecular weight excluding hydrogens is 286 g/mol. The lowest BCUT2D eigenvalue weighted by Gasteiger charge is -2.29. The minimum atomic E-state index is -1.05. The highest BCUT2D eigenvalue weighted by Gasteiger charge is 2.28. The largest absolute Gasteiger partial charge is 0.480 e. The first-order chi connectivity index (χ1) is 10.3. The summed E-state index contributed by atoms with van der Waals surface area (Å²) in [6.07, 6.45) is 0. The first kappa shape index (κ1) is 20.1. The third-order valence-corrected chi connectivity index (χ3v) is 2.96. The molecule has 1 atom stereocenters. The van der Waals surface area contributed by atoms with E-state index in [4.69, 9.17) is 4.74 Å². The molecule has 1 rings (SSSR count). The van der Waals surface area contributed by atoms with Gasteiger partial charge in [0.2, 0.25) is 0 Å². The molecule has 0 bridgehead atoms. The average molecular weight is 311 g/mol. The highest BCUT2D eigenvalue weighted by atomic mass is 16.5. The van der Waals surface area contributed by atoms with Gasteiger partial charge < -0.3 is 14.6 Å². The van der Waals surface area contributed by atoms with Crippen LogP contribution in [0.3, 0.4) is 0 Å². The Hall–Kier alpha value is -1.92. The lowest BCUT2D eigenvalue weighted by molar-refractivity contribution is -0.140. The van der Waals surface area contributed by atoms with Gasteiger partial charge in [-0.3, -0.25) is 9.69 Å². The van der Waals surface area contributed by atoms with Crippen molar-refractivity contribution >= 4 is 17.6 Å². The van der Waals surface area contributed by atoms with Gasteiger partial charge in [-0.1, -0.05) is 18.2 Å². The fraction of sp³-hybridized carbons (Fsp3) is 0.500. The van der Waals surface area contributed by atoms with E-state index in [1.165, 1.54) is 18.9 Å². The number of amides is 1. The monoisotopic (exact) mass is 311 g/mol. The Balaban J connectivity index is 0.00000135.